The third kappa shape index (κ3) is 12.8. The van der Waals surface area contributed by atoms with Gasteiger partial charge in [0.15, 0.2) is 6.04 Å². The number of aliphatic carboxylic acids is 1. The van der Waals surface area contributed by atoms with Gasteiger partial charge in [0.1, 0.15) is 12.1 Å². The SMILES string of the molecule is CC(C)COC(=O)N[C@H]1CCCCCC2(CC2)CC(C(=O)C(=O)NCC(=O)N[C@H](C(=O)O)c2ccccc2)NC(=O)[C@H](CC(C)C)NC1=O. The number of carbonyl (C=O) groups excluding carboxylic acids is 6. The predicted octanol–water partition coefficient (Wildman–Crippen LogP) is 2.51. The highest BCUT2D eigenvalue weighted by Gasteiger charge is 2.46. The van der Waals surface area contributed by atoms with E-state index in [0.29, 0.717) is 18.4 Å². The number of hydrogen-bond acceptors (Lipinski definition) is 8. The lowest BCUT2D eigenvalue weighted by Crippen LogP contribution is -2.57. The largest absolute Gasteiger partial charge is 0.479 e. The molecule has 1 aromatic carbocycles. The zero-order chi connectivity index (χ0) is 36.1. The third-order valence-corrected chi connectivity index (χ3v) is 8.74. The Morgan fingerprint density at radius 2 is 1.61 bits per heavy atom. The molecule has 49 heavy (non-hydrogen) atoms. The summed E-state index contributed by atoms with van der Waals surface area (Å²) in [6, 6.07) is 3.47. The van der Waals surface area contributed by atoms with Gasteiger partial charge in [0.2, 0.25) is 23.5 Å². The first-order chi connectivity index (χ1) is 23.2. The second-order valence-electron chi connectivity index (χ2n) is 14.0. The maximum Gasteiger partial charge on any atom is 0.407 e. The molecular formula is C35H51N5O9. The highest BCUT2D eigenvalue weighted by atomic mass is 16.5. The molecule has 1 aromatic rings. The molecule has 0 aromatic heterocycles. The fourth-order valence-corrected chi connectivity index (χ4v) is 5.89. The Bertz CT molecular complexity index is 1350. The molecule has 0 radical (unpaired) electrons. The van der Waals surface area contributed by atoms with E-state index in [1.807, 2.05) is 27.7 Å². The van der Waals surface area contributed by atoms with E-state index in [2.05, 4.69) is 26.6 Å². The standard InChI is InChI=1S/C35H51N5O9/c1-21(2)17-25-31(44)38-26(29(42)32(45)36-19-27(41)40-28(33(46)47)23-11-7-5-8-12-23)18-35(15-16-35)14-10-6-9-13-24(30(43)37-25)39-34(48)49-20-22(3)4/h5,7-8,11-12,21-22,24-26,28H,6,9-10,13-20H2,1-4H3,(H,36,45)(H,37,43)(H,38,44)(H,39,48)(H,40,41)(H,46,47)/t24-,25-,26?,28-/m0/s1. The van der Waals surface area contributed by atoms with Crippen molar-refractivity contribution in [2.24, 2.45) is 17.3 Å². The monoisotopic (exact) mass is 685 g/mol. The van der Waals surface area contributed by atoms with E-state index in [9.17, 15) is 38.7 Å². The van der Waals surface area contributed by atoms with Crippen LogP contribution < -0.4 is 26.6 Å². The first-order valence-electron chi connectivity index (χ1n) is 17.1. The van der Waals surface area contributed by atoms with Crippen LogP contribution in [0.25, 0.3) is 0 Å². The number of benzene rings is 1. The molecule has 1 heterocycles. The first-order valence-corrected chi connectivity index (χ1v) is 17.1. The summed E-state index contributed by atoms with van der Waals surface area (Å²) in [4.78, 5) is 90.6. The van der Waals surface area contributed by atoms with Crippen molar-refractivity contribution < 1.29 is 43.4 Å². The van der Waals surface area contributed by atoms with Crippen molar-refractivity contribution in [3.8, 4) is 0 Å². The highest BCUT2D eigenvalue weighted by Crippen LogP contribution is 2.53. The molecule has 5 amide bonds. The third-order valence-electron chi connectivity index (χ3n) is 8.74. The lowest BCUT2D eigenvalue weighted by molar-refractivity contribution is -0.142. The van der Waals surface area contributed by atoms with Gasteiger partial charge in [-0.2, -0.15) is 0 Å². The first kappa shape index (κ1) is 39.0. The molecule has 14 heteroatoms. The molecule has 14 nitrogen and oxygen atoms in total. The number of nitrogens with one attached hydrogen (secondary N) is 5. The molecule has 1 spiro atoms. The molecule has 4 atom stereocenters. The zero-order valence-electron chi connectivity index (χ0n) is 28.8. The van der Waals surface area contributed by atoms with Crippen LogP contribution in [0.1, 0.15) is 97.1 Å². The zero-order valence-corrected chi connectivity index (χ0v) is 28.8. The van der Waals surface area contributed by atoms with Crippen LogP contribution in [0.5, 0.6) is 0 Å². The number of carbonyl (C=O) groups is 7. The molecule has 6 N–H and O–H groups in total. The minimum atomic E-state index is -1.36. The number of ketones is 1. The number of hydrogen-bond donors (Lipinski definition) is 6. The number of rotatable bonds is 12. The quantitative estimate of drug-likeness (QED) is 0.178. The van der Waals surface area contributed by atoms with E-state index in [-0.39, 0.29) is 36.7 Å². The lowest BCUT2D eigenvalue weighted by atomic mass is 9.88. The molecule has 0 bridgehead atoms. The summed E-state index contributed by atoms with van der Waals surface area (Å²) in [6.45, 7) is 7.06. The lowest BCUT2D eigenvalue weighted by Gasteiger charge is -2.28. The number of amides is 5. The van der Waals surface area contributed by atoms with Gasteiger partial charge in [-0.25, -0.2) is 9.59 Å². The van der Waals surface area contributed by atoms with Gasteiger partial charge in [0, 0.05) is 0 Å². The maximum absolute atomic E-state index is 13.7. The Morgan fingerprint density at radius 1 is 0.918 bits per heavy atom. The van der Waals surface area contributed by atoms with E-state index < -0.39 is 72.2 Å². The average Bonchev–Trinajstić information content (AvgIpc) is 3.82. The topological polar surface area (TPSA) is 209 Å². The Hall–Kier alpha value is -4.49. The van der Waals surface area contributed by atoms with Crippen LogP contribution in [-0.2, 0) is 33.5 Å². The summed E-state index contributed by atoms with van der Waals surface area (Å²) < 4.78 is 5.22. The van der Waals surface area contributed by atoms with Crippen LogP contribution in [0.4, 0.5) is 4.79 Å². The van der Waals surface area contributed by atoms with E-state index in [0.717, 1.165) is 32.1 Å². The molecule has 1 saturated carbocycles. The summed E-state index contributed by atoms with van der Waals surface area (Å²) in [5, 5.41) is 22.3. The summed E-state index contributed by atoms with van der Waals surface area (Å²) in [5.41, 5.74) is 0.0913. The van der Waals surface area contributed by atoms with Crippen molar-refractivity contribution in [2.75, 3.05) is 13.2 Å². The smallest absolute Gasteiger partial charge is 0.407 e. The van der Waals surface area contributed by atoms with Crippen molar-refractivity contribution in [1.29, 1.82) is 0 Å². The van der Waals surface area contributed by atoms with Crippen molar-refractivity contribution in [1.82, 2.24) is 26.6 Å². The Kier molecular flexibility index (Phi) is 14.6. The van der Waals surface area contributed by atoms with E-state index >= 15 is 0 Å². The summed E-state index contributed by atoms with van der Waals surface area (Å²) in [7, 11) is 0. The number of Topliss-reactive ketones (excluding diaryl/α,β-unsaturated/α-hetero) is 1. The Balaban J connectivity index is 1.74. The molecule has 1 unspecified atom stereocenters. The van der Waals surface area contributed by atoms with Gasteiger partial charge in [-0.3, -0.25) is 24.0 Å². The number of ether oxygens (including phenoxy) is 1. The van der Waals surface area contributed by atoms with Gasteiger partial charge in [0.25, 0.3) is 5.91 Å². The van der Waals surface area contributed by atoms with E-state index in [1.165, 1.54) is 0 Å². The van der Waals surface area contributed by atoms with Gasteiger partial charge in [-0.05, 0) is 61.3 Å². The number of alkyl carbamates (subject to hydrolysis) is 1. The van der Waals surface area contributed by atoms with Crippen LogP contribution in [0.15, 0.2) is 30.3 Å². The molecule has 270 valence electrons. The fourth-order valence-electron chi connectivity index (χ4n) is 5.89. The molecule has 1 aliphatic heterocycles. The van der Waals surface area contributed by atoms with E-state index in [4.69, 9.17) is 4.74 Å². The second kappa shape index (κ2) is 18.3. The molecule has 3 rings (SSSR count). The fraction of sp³-hybridized carbons (Fsp3) is 0.629. The van der Waals surface area contributed by atoms with Gasteiger partial charge in [-0.1, -0.05) is 77.3 Å². The molecule has 1 saturated heterocycles. The van der Waals surface area contributed by atoms with Crippen molar-refractivity contribution in [3.63, 3.8) is 0 Å². The minimum Gasteiger partial charge on any atom is -0.479 e. The van der Waals surface area contributed by atoms with Crippen LogP contribution >= 0.6 is 0 Å². The number of carboxylic acid groups (broad SMARTS) is 1. The van der Waals surface area contributed by atoms with Crippen LogP contribution in [0, 0.1) is 17.3 Å². The van der Waals surface area contributed by atoms with Gasteiger partial charge < -0.3 is 36.4 Å². The second-order valence-corrected chi connectivity index (χ2v) is 14.0. The highest BCUT2D eigenvalue weighted by molar-refractivity contribution is 6.38. The Morgan fingerprint density at radius 3 is 2.22 bits per heavy atom. The van der Waals surface area contributed by atoms with Gasteiger partial charge in [0.05, 0.1) is 19.2 Å². The van der Waals surface area contributed by atoms with Crippen LogP contribution in [0.3, 0.4) is 0 Å². The molecule has 1 aliphatic carbocycles. The summed E-state index contributed by atoms with van der Waals surface area (Å²) in [5.74, 6) is -5.29. The summed E-state index contributed by atoms with van der Waals surface area (Å²) >= 11 is 0. The van der Waals surface area contributed by atoms with Gasteiger partial charge >= 0.3 is 12.1 Å². The normalized spacial score (nSPS) is 21.8. The summed E-state index contributed by atoms with van der Waals surface area (Å²) in [6.07, 6.45) is 4.69. The van der Waals surface area contributed by atoms with E-state index in [1.54, 1.807) is 30.3 Å². The average molecular weight is 686 g/mol. The van der Waals surface area contributed by atoms with Crippen molar-refractivity contribution >= 4 is 41.5 Å². The molecule has 2 fully saturated rings. The predicted molar refractivity (Wildman–Crippen MR) is 179 cm³/mol. The molecular weight excluding hydrogens is 634 g/mol. The molecule has 2 aliphatic rings. The Labute approximate surface area is 287 Å². The van der Waals surface area contributed by atoms with Crippen molar-refractivity contribution in [2.45, 2.75) is 110 Å². The maximum atomic E-state index is 13.7. The van der Waals surface area contributed by atoms with Gasteiger partial charge in [-0.15, -0.1) is 0 Å². The minimum absolute atomic E-state index is 0.0337. The van der Waals surface area contributed by atoms with Crippen molar-refractivity contribution in [3.05, 3.63) is 35.9 Å². The number of carboxylic acids is 1. The van der Waals surface area contributed by atoms with Crippen LogP contribution in [-0.4, -0.2) is 77.9 Å². The van der Waals surface area contributed by atoms with Crippen LogP contribution in [0.2, 0.25) is 0 Å².